The van der Waals surface area contributed by atoms with Crippen LogP contribution >= 0.6 is 0 Å². The zero-order valence-corrected chi connectivity index (χ0v) is 9.05. The van der Waals surface area contributed by atoms with Crippen LogP contribution in [0, 0.1) is 18.3 Å². The van der Waals surface area contributed by atoms with E-state index in [-0.39, 0.29) is 11.1 Å². The van der Waals surface area contributed by atoms with Gasteiger partial charge in [0.05, 0.1) is 23.8 Å². The van der Waals surface area contributed by atoms with Crippen molar-refractivity contribution >= 4 is 5.97 Å². The molecule has 3 nitrogen and oxygen atoms in total. The van der Waals surface area contributed by atoms with E-state index >= 15 is 0 Å². The van der Waals surface area contributed by atoms with Crippen LogP contribution in [0.4, 0.5) is 13.2 Å². The Labute approximate surface area is 95.4 Å². The largest absolute Gasteiger partial charge is 0.465 e. The van der Waals surface area contributed by atoms with Gasteiger partial charge in [0.25, 0.3) is 0 Å². The van der Waals surface area contributed by atoms with Gasteiger partial charge < -0.3 is 4.74 Å². The lowest BCUT2D eigenvalue weighted by Crippen LogP contribution is -2.16. The number of hydrogen-bond acceptors (Lipinski definition) is 3. The molecule has 0 aliphatic rings. The lowest BCUT2D eigenvalue weighted by atomic mass is 9.98. The summed E-state index contributed by atoms with van der Waals surface area (Å²) >= 11 is 0. The quantitative estimate of drug-likeness (QED) is 0.712. The van der Waals surface area contributed by atoms with Crippen LogP contribution in [0.15, 0.2) is 12.1 Å². The smallest absolute Gasteiger partial charge is 0.417 e. The molecule has 0 saturated carbocycles. The van der Waals surface area contributed by atoms with Crippen molar-refractivity contribution in [3.63, 3.8) is 0 Å². The van der Waals surface area contributed by atoms with Crippen LogP contribution in [0.2, 0.25) is 0 Å². The summed E-state index contributed by atoms with van der Waals surface area (Å²) in [6, 6.07) is 3.59. The van der Waals surface area contributed by atoms with Crippen molar-refractivity contribution in [3.05, 3.63) is 34.4 Å². The Balaban J connectivity index is 3.63. The van der Waals surface area contributed by atoms with Crippen LogP contribution in [0.1, 0.15) is 27.0 Å². The van der Waals surface area contributed by atoms with E-state index in [0.717, 1.165) is 13.2 Å². The molecule has 0 unspecified atom stereocenters. The molecule has 0 fully saturated rings. The highest BCUT2D eigenvalue weighted by atomic mass is 19.4. The number of rotatable bonds is 1. The van der Waals surface area contributed by atoms with Gasteiger partial charge in [-0.2, -0.15) is 18.4 Å². The average Bonchev–Trinajstić information content (AvgIpc) is 2.25. The SMILES string of the molecule is COC(=O)c1c(C#N)cc(C)cc1C(F)(F)F. The molecule has 0 radical (unpaired) electrons. The molecule has 0 amide bonds. The molecule has 6 heteroatoms. The first-order valence-electron chi connectivity index (χ1n) is 4.51. The minimum Gasteiger partial charge on any atom is -0.465 e. The fourth-order valence-electron chi connectivity index (χ4n) is 1.42. The third kappa shape index (κ3) is 2.56. The van der Waals surface area contributed by atoms with E-state index in [4.69, 9.17) is 5.26 Å². The molecule has 1 aromatic carbocycles. The first-order valence-corrected chi connectivity index (χ1v) is 4.51. The number of esters is 1. The number of aryl methyl sites for hydroxylation is 1. The Bertz CT molecular complexity index is 501. The normalized spacial score (nSPS) is 10.8. The zero-order chi connectivity index (χ0) is 13.2. The van der Waals surface area contributed by atoms with E-state index in [0.29, 0.717) is 0 Å². The van der Waals surface area contributed by atoms with Crippen molar-refractivity contribution in [1.29, 1.82) is 5.26 Å². The van der Waals surface area contributed by atoms with Gasteiger partial charge in [-0.05, 0) is 24.6 Å². The van der Waals surface area contributed by atoms with Gasteiger partial charge in [-0.1, -0.05) is 0 Å². The van der Waals surface area contributed by atoms with Gasteiger partial charge >= 0.3 is 12.1 Å². The summed E-state index contributed by atoms with van der Waals surface area (Å²) in [5.41, 5.74) is -1.99. The number of nitrogens with zero attached hydrogens (tertiary/aromatic N) is 1. The second-order valence-electron chi connectivity index (χ2n) is 3.34. The van der Waals surface area contributed by atoms with Crippen molar-refractivity contribution in [2.24, 2.45) is 0 Å². The molecule has 0 aromatic heterocycles. The second-order valence-corrected chi connectivity index (χ2v) is 3.34. The topological polar surface area (TPSA) is 50.1 Å². The highest BCUT2D eigenvalue weighted by Crippen LogP contribution is 2.34. The van der Waals surface area contributed by atoms with Gasteiger partial charge in [0.1, 0.15) is 6.07 Å². The summed E-state index contributed by atoms with van der Waals surface area (Å²) in [6.45, 7) is 1.41. The highest BCUT2D eigenvalue weighted by Gasteiger charge is 2.37. The monoisotopic (exact) mass is 243 g/mol. The summed E-state index contributed by atoms with van der Waals surface area (Å²) in [4.78, 5) is 11.3. The molecule has 0 saturated heterocycles. The van der Waals surface area contributed by atoms with E-state index in [1.807, 2.05) is 0 Å². The van der Waals surface area contributed by atoms with Crippen LogP contribution in [0.25, 0.3) is 0 Å². The number of methoxy groups -OCH3 is 1. The molecule has 0 heterocycles. The van der Waals surface area contributed by atoms with Gasteiger partial charge in [0.15, 0.2) is 0 Å². The summed E-state index contributed by atoms with van der Waals surface area (Å²) in [5.74, 6) is -1.17. The van der Waals surface area contributed by atoms with Gasteiger partial charge in [-0.3, -0.25) is 0 Å². The standard InChI is InChI=1S/C11H8F3NO2/c1-6-3-7(5-15)9(10(16)17-2)8(4-6)11(12,13)14/h3-4H,1-2H3. The highest BCUT2D eigenvalue weighted by molar-refractivity contribution is 5.94. The molecule has 0 aliphatic heterocycles. The van der Waals surface area contributed by atoms with E-state index in [1.165, 1.54) is 13.0 Å². The van der Waals surface area contributed by atoms with Crippen LogP contribution in [0.5, 0.6) is 0 Å². The molecule has 90 valence electrons. The fraction of sp³-hybridized carbons (Fsp3) is 0.273. The first-order chi connectivity index (χ1) is 7.81. The molecular weight excluding hydrogens is 235 g/mol. The Kier molecular flexibility index (Phi) is 3.42. The van der Waals surface area contributed by atoms with Crippen molar-refractivity contribution in [2.75, 3.05) is 7.11 Å². The minimum atomic E-state index is -4.71. The third-order valence-corrected chi connectivity index (χ3v) is 2.10. The molecule has 17 heavy (non-hydrogen) atoms. The summed E-state index contributed by atoms with van der Waals surface area (Å²) in [6.07, 6.45) is -4.71. The van der Waals surface area contributed by atoms with Gasteiger partial charge in [0, 0.05) is 0 Å². The number of hydrogen-bond donors (Lipinski definition) is 0. The zero-order valence-electron chi connectivity index (χ0n) is 9.05. The van der Waals surface area contributed by atoms with Crippen LogP contribution in [-0.4, -0.2) is 13.1 Å². The van der Waals surface area contributed by atoms with Crippen LogP contribution in [-0.2, 0) is 10.9 Å². The number of carbonyl (C=O) groups is 1. The van der Waals surface area contributed by atoms with E-state index in [2.05, 4.69) is 4.74 Å². The Morgan fingerprint density at radius 2 is 2.00 bits per heavy atom. The van der Waals surface area contributed by atoms with Crippen molar-refractivity contribution in [1.82, 2.24) is 0 Å². The molecule has 0 N–H and O–H groups in total. The lowest BCUT2D eigenvalue weighted by molar-refractivity contribution is -0.138. The van der Waals surface area contributed by atoms with Gasteiger partial charge in [-0.25, -0.2) is 4.79 Å². The van der Waals surface area contributed by atoms with Gasteiger partial charge in [0.2, 0.25) is 0 Å². The maximum absolute atomic E-state index is 12.7. The number of halogens is 3. The predicted octanol–water partition coefficient (Wildman–Crippen LogP) is 2.67. The number of nitriles is 1. The summed E-state index contributed by atoms with van der Waals surface area (Å²) < 4.78 is 42.4. The molecule has 0 spiro atoms. The second kappa shape index (κ2) is 4.45. The summed E-state index contributed by atoms with van der Waals surface area (Å²) in [7, 11) is 0.962. The van der Waals surface area contributed by atoms with E-state index < -0.39 is 23.3 Å². The number of benzene rings is 1. The average molecular weight is 243 g/mol. The lowest BCUT2D eigenvalue weighted by Gasteiger charge is -2.13. The van der Waals surface area contributed by atoms with Crippen LogP contribution in [0.3, 0.4) is 0 Å². The predicted molar refractivity (Wildman–Crippen MR) is 52.2 cm³/mol. The van der Waals surface area contributed by atoms with Crippen molar-refractivity contribution in [3.8, 4) is 6.07 Å². The van der Waals surface area contributed by atoms with Crippen LogP contribution < -0.4 is 0 Å². The van der Waals surface area contributed by atoms with Gasteiger partial charge in [-0.15, -0.1) is 0 Å². The summed E-state index contributed by atoms with van der Waals surface area (Å²) in [5, 5.41) is 8.75. The molecule has 0 bridgehead atoms. The minimum absolute atomic E-state index is 0.251. The number of ether oxygens (including phenoxy) is 1. The van der Waals surface area contributed by atoms with Crippen molar-refractivity contribution < 1.29 is 22.7 Å². The Morgan fingerprint density at radius 1 is 1.41 bits per heavy atom. The third-order valence-electron chi connectivity index (χ3n) is 2.10. The molecule has 0 atom stereocenters. The Hall–Kier alpha value is -2.03. The van der Waals surface area contributed by atoms with E-state index in [9.17, 15) is 18.0 Å². The van der Waals surface area contributed by atoms with Crippen molar-refractivity contribution in [2.45, 2.75) is 13.1 Å². The Morgan fingerprint density at radius 3 is 2.41 bits per heavy atom. The maximum atomic E-state index is 12.7. The van der Waals surface area contributed by atoms with E-state index in [1.54, 1.807) is 6.07 Å². The molecular formula is C11H8F3NO2. The molecule has 0 aliphatic carbocycles. The first kappa shape index (κ1) is 13.0. The molecule has 1 rings (SSSR count). The molecule has 1 aromatic rings. The maximum Gasteiger partial charge on any atom is 0.417 e. The number of alkyl halides is 3. The fourth-order valence-corrected chi connectivity index (χ4v) is 1.42. The number of carbonyl (C=O) groups excluding carboxylic acids is 1.